The van der Waals surface area contributed by atoms with Crippen molar-refractivity contribution in [2.75, 3.05) is 6.61 Å². The number of carbonyl (C=O) groups is 1. The zero-order valence-electron chi connectivity index (χ0n) is 11.3. The summed E-state index contributed by atoms with van der Waals surface area (Å²) >= 11 is 5.80. The Kier molecular flexibility index (Phi) is 5.20. The van der Waals surface area contributed by atoms with Gasteiger partial charge in [-0.05, 0) is 30.2 Å². The molecule has 0 fully saturated rings. The van der Waals surface area contributed by atoms with Crippen LogP contribution in [0.3, 0.4) is 0 Å². The van der Waals surface area contributed by atoms with Crippen molar-refractivity contribution in [1.82, 2.24) is 5.32 Å². The van der Waals surface area contributed by atoms with E-state index in [1.807, 2.05) is 30.3 Å². The van der Waals surface area contributed by atoms with Gasteiger partial charge in [-0.15, -0.1) is 0 Å². The molecule has 110 valence electrons. The molecule has 0 radical (unpaired) electrons. The average Bonchev–Trinajstić information content (AvgIpc) is 2.50. The van der Waals surface area contributed by atoms with Gasteiger partial charge in [0, 0.05) is 12.2 Å². The highest BCUT2D eigenvalue weighted by Crippen LogP contribution is 2.24. The van der Waals surface area contributed by atoms with Gasteiger partial charge in [-0.1, -0.05) is 41.9 Å². The van der Waals surface area contributed by atoms with Gasteiger partial charge in [0.05, 0.1) is 11.1 Å². The minimum Gasteiger partial charge on any atom is -0.506 e. The number of aromatic hydroxyl groups is 1. The molecule has 1 amide bonds. The van der Waals surface area contributed by atoms with Crippen molar-refractivity contribution in [3.05, 3.63) is 64.7 Å². The fourth-order valence-corrected chi connectivity index (χ4v) is 2.21. The van der Waals surface area contributed by atoms with Crippen molar-refractivity contribution in [3.8, 4) is 5.75 Å². The van der Waals surface area contributed by atoms with Gasteiger partial charge >= 0.3 is 0 Å². The lowest BCUT2D eigenvalue weighted by molar-refractivity contribution is 0.0930. The van der Waals surface area contributed by atoms with Gasteiger partial charge in [0.25, 0.3) is 5.91 Å². The molecule has 5 heteroatoms. The highest BCUT2D eigenvalue weighted by atomic mass is 35.5. The largest absolute Gasteiger partial charge is 0.506 e. The van der Waals surface area contributed by atoms with Crippen molar-refractivity contribution < 1.29 is 15.0 Å². The zero-order chi connectivity index (χ0) is 15.2. The van der Waals surface area contributed by atoms with E-state index in [0.717, 1.165) is 5.56 Å². The van der Waals surface area contributed by atoms with Crippen LogP contribution in [0.15, 0.2) is 48.5 Å². The zero-order valence-corrected chi connectivity index (χ0v) is 12.0. The van der Waals surface area contributed by atoms with Crippen LogP contribution in [0.1, 0.15) is 28.4 Å². The summed E-state index contributed by atoms with van der Waals surface area (Å²) in [4.78, 5) is 12.2. The molecule has 0 aliphatic heterocycles. The van der Waals surface area contributed by atoms with Crippen LogP contribution >= 0.6 is 11.6 Å². The summed E-state index contributed by atoms with van der Waals surface area (Å²) in [5.74, 6) is -0.373. The maximum absolute atomic E-state index is 12.2. The first-order chi connectivity index (χ1) is 10.1. The molecule has 0 aliphatic carbocycles. The van der Waals surface area contributed by atoms with E-state index in [1.165, 1.54) is 18.2 Å². The number of phenols is 1. The maximum Gasteiger partial charge on any atom is 0.251 e. The molecule has 0 spiro atoms. The molecule has 1 unspecified atom stereocenters. The Hall–Kier alpha value is -2.04. The molecule has 4 nitrogen and oxygen atoms in total. The van der Waals surface area contributed by atoms with Gasteiger partial charge in [-0.2, -0.15) is 0 Å². The lowest BCUT2D eigenvalue weighted by Gasteiger charge is -2.18. The van der Waals surface area contributed by atoms with E-state index >= 15 is 0 Å². The fraction of sp³-hybridized carbons (Fsp3) is 0.188. The molecule has 2 aromatic rings. The van der Waals surface area contributed by atoms with Crippen LogP contribution in [-0.2, 0) is 0 Å². The van der Waals surface area contributed by atoms with E-state index in [-0.39, 0.29) is 29.3 Å². The summed E-state index contributed by atoms with van der Waals surface area (Å²) in [5.41, 5.74) is 1.28. The summed E-state index contributed by atoms with van der Waals surface area (Å²) in [6.07, 6.45) is 0.418. The third-order valence-electron chi connectivity index (χ3n) is 3.13. The van der Waals surface area contributed by atoms with E-state index < -0.39 is 0 Å². The van der Waals surface area contributed by atoms with Crippen LogP contribution in [0.4, 0.5) is 0 Å². The first kappa shape index (κ1) is 15.4. The second kappa shape index (κ2) is 7.11. The molecule has 0 aliphatic rings. The number of hydrogen-bond acceptors (Lipinski definition) is 3. The number of phenolic OH excluding ortho intramolecular Hbond substituents is 1. The highest BCUT2D eigenvalue weighted by molar-refractivity contribution is 6.32. The Bertz CT molecular complexity index is 616. The minimum absolute atomic E-state index is 0.0316. The van der Waals surface area contributed by atoms with Crippen LogP contribution in [-0.4, -0.2) is 22.7 Å². The smallest absolute Gasteiger partial charge is 0.251 e. The lowest BCUT2D eigenvalue weighted by atomic mass is 10.0. The number of benzene rings is 2. The Morgan fingerprint density at radius 3 is 2.52 bits per heavy atom. The second-order valence-electron chi connectivity index (χ2n) is 4.62. The van der Waals surface area contributed by atoms with E-state index in [0.29, 0.717) is 12.0 Å². The lowest BCUT2D eigenvalue weighted by Crippen LogP contribution is -2.29. The van der Waals surface area contributed by atoms with E-state index in [9.17, 15) is 9.90 Å². The van der Waals surface area contributed by atoms with Crippen LogP contribution in [0.2, 0.25) is 5.02 Å². The van der Waals surface area contributed by atoms with Crippen molar-refractivity contribution >= 4 is 17.5 Å². The van der Waals surface area contributed by atoms with E-state index in [1.54, 1.807) is 0 Å². The fourth-order valence-electron chi connectivity index (χ4n) is 2.03. The molecule has 0 saturated carbocycles. The standard InChI is InChI=1S/C16H16ClNO3/c17-13-10-12(6-7-15(13)20)16(21)18-14(8-9-19)11-4-2-1-3-5-11/h1-7,10,14,19-20H,8-9H2,(H,18,21). The predicted molar refractivity (Wildman–Crippen MR) is 81.5 cm³/mol. The van der Waals surface area contributed by atoms with Crippen molar-refractivity contribution in [2.24, 2.45) is 0 Å². The summed E-state index contributed by atoms with van der Waals surface area (Å²) in [7, 11) is 0. The minimum atomic E-state index is -0.306. The Morgan fingerprint density at radius 1 is 1.19 bits per heavy atom. The van der Waals surface area contributed by atoms with Crippen LogP contribution in [0.25, 0.3) is 0 Å². The van der Waals surface area contributed by atoms with Gasteiger partial charge in [-0.25, -0.2) is 0 Å². The number of carbonyl (C=O) groups excluding carboxylic acids is 1. The first-order valence-corrected chi connectivity index (χ1v) is 6.95. The van der Waals surface area contributed by atoms with Gasteiger partial charge in [0.1, 0.15) is 5.75 Å². The van der Waals surface area contributed by atoms with Crippen molar-refractivity contribution in [1.29, 1.82) is 0 Å². The summed E-state index contributed by atoms with van der Waals surface area (Å²) < 4.78 is 0. The third kappa shape index (κ3) is 3.97. The topological polar surface area (TPSA) is 69.6 Å². The van der Waals surface area contributed by atoms with Crippen LogP contribution in [0, 0.1) is 0 Å². The number of rotatable bonds is 5. The van der Waals surface area contributed by atoms with Gasteiger partial charge in [0.2, 0.25) is 0 Å². The molecule has 2 rings (SSSR count). The monoisotopic (exact) mass is 305 g/mol. The second-order valence-corrected chi connectivity index (χ2v) is 5.02. The SMILES string of the molecule is O=C(NC(CCO)c1ccccc1)c1ccc(O)c(Cl)c1. The third-order valence-corrected chi connectivity index (χ3v) is 3.44. The van der Waals surface area contributed by atoms with Gasteiger partial charge < -0.3 is 15.5 Å². The molecular weight excluding hydrogens is 290 g/mol. The summed E-state index contributed by atoms with van der Waals surface area (Å²) in [6, 6.07) is 13.4. The Balaban J connectivity index is 2.16. The van der Waals surface area contributed by atoms with Gasteiger partial charge in [-0.3, -0.25) is 4.79 Å². The highest BCUT2D eigenvalue weighted by Gasteiger charge is 2.16. The van der Waals surface area contributed by atoms with Crippen LogP contribution in [0.5, 0.6) is 5.75 Å². The molecule has 3 N–H and O–H groups in total. The molecule has 0 heterocycles. The number of hydrogen-bond donors (Lipinski definition) is 3. The summed E-state index contributed by atoms with van der Waals surface area (Å²) in [6.45, 7) is -0.0316. The number of amides is 1. The molecule has 0 bridgehead atoms. The Labute approximate surface area is 128 Å². The molecular formula is C16H16ClNO3. The quantitative estimate of drug-likeness (QED) is 0.795. The predicted octanol–water partition coefficient (Wildman–Crippen LogP) is 2.90. The van der Waals surface area contributed by atoms with Gasteiger partial charge in [0.15, 0.2) is 0 Å². The van der Waals surface area contributed by atoms with Crippen molar-refractivity contribution in [2.45, 2.75) is 12.5 Å². The molecule has 2 aromatic carbocycles. The van der Waals surface area contributed by atoms with Crippen LogP contribution < -0.4 is 5.32 Å². The first-order valence-electron chi connectivity index (χ1n) is 6.57. The summed E-state index contributed by atoms with van der Waals surface area (Å²) in [5, 5.41) is 21.5. The number of nitrogens with one attached hydrogen (secondary N) is 1. The molecule has 21 heavy (non-hydrogen) atoms. The van der Waals surface area contributed by atoms with E-state index in [4.69, 9.17) is 16.7 Å². The molecule has 0 aromatic heterocycles. The van der Waals surface area contributed by atoms with E-state index in [2.05, 4.69) is 5.32 Å². The number of aliphatic hydroxyl groups is 1. The maximum atomic E-state index is 12.2. The normalized spacial score (nSPS) is 11.9. The van der Waals surface area contributed by atoms with Crippen molar-refractivity contribution in [3.63, 3.8) is 0 Å². The molecule has 0 saturated heterocycles. The number of halogens is 1. The number of aliphatic hydroxyl groups excluding tert-OH is 1. The molecule has 1 atom stereocenters. The Morgan fingerprint density at radius 2 is 1.90 bits per heavy atom. The average molecular weight is 306 g/mol.